The van der Waals surface area contributed by atoms with Crippen molar-refractivity contribution in [3.8, 4) is 0 Å². The number of ether oxygens (including phenoxy) is 2. The van der Waals surface area contributed by atoms with Gasteiger partial charge in [0, 0.05) is 0 Å². The molecular formula is C29H35O7P. The number of aryl methyl sites for hydroxylation is 1. The standard InChI is InChI=1S/C29H35O7P/c30-28(35-21-25-13-6-2-7-14-25)19-18-27(29(31)36-22-26-15-8-3-9-16-26)23-37(32,33,34)20-10-17-24-11-4-1-5-12-24/h1-9,11-16,27,32-34H,10,17-23H2. The summed E-state index contributed by atoms with van der Waals surface area (Å²) in [5, 5.41) is 0. The van der Waals surface area contributed by atoms with Gasteiger partial charge >= 0.3 is 218 Å². The van der Waals surface area contributed by atoms with Crippen molar-refractivity contribution in [1.82, 2.24) is 0 Å². The Morgan fingerprint density at radius 3 is 1.73 bits per heavy atom. The Morgan fingerprint density at radius 1 is 0.703 bits per heavy atom. The Kier molecular flexibility index (Phi) is 10.4. The second-order valence-corrected chi connectivity index (χ2v) is 12.8. The first-order valence-electron chi connectivity index (χ1n) is 12.4. The van der Waals surface area contributed by atoms with Gasteiger partial charge in [-0.05, 0) is 0 Å². The molecule has 1 unspecified atom stereocenters. The molecule has 0 bridgehead atoms. The van der Waals surface area contributed by atoms with E-state index in [1.54, 1.807) is 12.1 Å². The van der Waals surface area contributed by atoms with Crippen LogP contribution in [0.15, 0.2) is 91.0 Å². The normalized spacial score (nSPS) is 13.2. The first-order chi connectivity index (χ1) is 17.7. The van der Waals surface area contributed by atoms with Gasteiger partial charge in [-0.15, -0.1) is 0 Å². The topological polar surface area (TPSA) is 113 Å². The quantitative estimate of drug-likeness (QED) is 0.205. The molecule has 0 radical (unpaired) electrons. The van der Waals surface area contributed by atoms with Crippen LogP contribution in [0.4, 0.5) is 0 Å². The Bertz CT molecular complexity index is 1110. The first kappa shape index (κ1) is 28.5. The molecule has 0 aliphatic heterocycles. The van der Waals surface area contributed by atoms with Gasteiger partial charge in [0.15, 0.2) is 0 Å². The third-order valence-corrected chi connectivity index (χ3v) is 8.44. The third-order valence-electron chi connectivity index (χ3n) is 6.02. The fourth-order valence-electron chi connectivity index (χ4n) is 4.03. The molecule has 198 valence electrons. The summed E-state index contributed by atoms with van der Waals surface area (Å²) in [4.78, 5) is 57.7. The van der Waals surface area contributed by atoms with Crippen LogP contribution < -0.4 is 0 Å². The molecule has 37 heavy (non-hydrogen) atoms. The van der Waals surface area contributed by atoms with Crippen LogP contribution in [-0.2, 0) is 38.7 Å². The summed E-state index contributed by atoms with van der Waals surface area (Å²) in [6.07, 6.45) is -0.110. The molecule has 1 atom stereocenters. The number of esters is 2. The average Bonchev–Trinajstić information content (AvgIpc) is 2.90. The van der Waals surface area contributed by atoms with Crippen molar-refractivity contribution >= 4 is 19.2 Å². The molecule has 3 aromatic rings. The van der Waals surface area contributed by atoms with E-state index >= 15 is 0 Å². The molecule has 0 saturated carbocycles. The van der Waals surface area contributed by atoms with Gasteiger partial charge in [-0.3, -0.25) is 0 Å². The van der Waals surface area contributed by atoms with Gasteiger partial charge in [0.1, 0.15) is 0 Å². The van der Waals surface area contributed by atoms with Crippen LogP contribution >= 0.6 is 7.28 Å². The summed E-state index contributed by atoms with van der Waals surface area (Å²) < 4.78 is 10.7. The number of hydrogen-bond acceptors (Lipinski definition) is 7. The number of hydrogen-bond donors (Lipinski definition) is 3. The van der Waals surface area contributed by atoms with E-state index in [9.17, 15) is 24.3 Å². The van der Waals surface area contributed by atoms with Gasteiger partial charge in [-0.2, -0.15) is 0 Å². The van der Waals surface area contributed by atoms with Gasteiger partial charge in [0.05, 0.1) is 0 Å². The molecule has 0 saturated heterocycles. The van der Waals surface area contributed by atoms with E-state index in [4.69, 9.17) is 9.47 Å². The molecule has 0 aliphatic carbocycles. The van der Waals surface area contributed by atoms with E-state index < -0.39 is 31.3 Å². The minimum absolute atomic E-state index is 0.000868. The van der Waals surface area contributed by atoms with E-state index in [0.717, 1.165) is 16.7 Å². The monoisotopic (exact) mass is 526 g/mol. The molecule has 3 rings (SSSR count). The first-order valence-corrected chi connectivity index (χ1v) is 14.8. The molecule has 0 heterocycles. The van der Waals surface area contributed by atoms with Gasteiger partial charge < -0.3 is 0 Å². The summed E-state index contributed by atoms with van der Waals surface area (Å²) >= 11 is 0. The maximum atomic E-state index is 12.9. The number of carbonyl (C=O) groups excluding carboxylic acids is 2. The minimum atomic E-state index is -5.17. The van der Waals surface area contributed by atoms with E-state index in [1.807, 2.05) is 78.9 Å². The Balaban J connectivity index is 1.60. The van der Waals surface area contributed by atoms with E-state index in [-0.39, 0.29) is 32.2 Å². The van der Waals surface area contributed by atoms with Crippen molar-refractivity contribution in [2.75, 3.05) is 12.3 Å². The second-order valence-electron chi connectivity index (χ2n) is 9.31. The van der Waals surface area contributed by atoms with Crippen LogP contribution in [0.2, 0.25) is 0 Å². The SMILES string of the molecule is O=C(CCC(CP(O)(O)(O)CCCc1ccccc1)C(=O)OCc1ccccc1)OCc1ccccc1. The summed E-state index contributed by atoms with van der Waals surface area (Å²) in [7, 11) is -5.17. The second kappa shape index (κ2) is 13.5. The Morgan fingerprint density at radius 2 is 1.19 bits per heavy atom. The van der Waals surface area contributed by atoms with E-state index in [1.165, 1.54) is 0 Å². The Hall–Kier alpha value is -3.09. The van der Waals surface area contributed by atoms with Crippen molar-refractivity contribution in [2.24, 2.45) is 5.92 Å². The van der Waals surface area contributed by atoms with Crippen molar-refractivity contribution in [3.05, 3.63) is 108 Å². The van der Waals surface area contributed by atoms with Gasteiger partial charge in [0.2, 0.25) is 0 Å². The van der Waals surface area contributed by atoms with Crippen LogP contribution in [-0.4, -0.2) is 38.9 Å². The molecule has 0 aliphatic rings. The zero-order chi connectivity index (χ0) is 26.6. The zero-order valence-electron chi connectivity index (χ0n) is 20.8. The van der Waals surface area contributed by atoms with Crippen molar-refractivity contribution < 1.29 is 33.7 Å². The fourth-order valence-corrected chi connectivity index (χ4v) is 6.25. The van der Waals surface area contributed by atoms with Gasteiger partial charge in [0.25, 0.3) is 0 Å². The molecule has 8 heteroatoms. The van der Waals surface area contributed by atoms with Crippen LogP contribution in [0.1, 0.15) is 36.0 Å². The van der Waals surface area contributed by atoms with Crippen molar-refractivity contribution in [1.29, 1.82) is 0 Å². The predicted molar refractivity (Wildman–Crippen MR) is 143 cm³/mol. The summed E-state index contributed by atoms with van der Waals surface area (Å²) in [6.45, 7) is 0.0998. The molecule has 0 spiro atoms. The molecule has 0 fully saturated rings. The third kappa shape index (κ3) is 10.8. The molecule has 0 aromatic heterocycles. The molecular weight excluding hydrogens is 491 g/mol. The van der Waals surface area contributed by atoms with Gasteiger partial charge in [-0.1, -0.05) is 0 Å². The summed E-state index contributed by atoms with van der Waals surface area (Å²) in [5.41, 5.74) is 2.61. The van der Waals surface area contributed by atoms with Crippen LogP contribution in [0.5, 0.6) is 0 Å². The average molecular weight is 527 g/mol. The number of carbonyl (C=O) groups is 2. The molecule has 3 aromatic carbocycles. The van der Waals surface area contributed by atoms with Crippen LogP contribution in [0.25, 0.3) is 0 Å². The maximum absolute atomic E-state index is 12.9. The van der Waals surface area contributed by atoms with Crippen LogP contribution in [0, 0.1) is 5.92 Å². The van der Waals surface area contributed by atoms with Crippen molar-refractivity contribution in [3.63, 3.8) is 0 Å². The fraction of sp³-hybridized carbons (Fsp3) is 0.310. The van der Waals surface area contributed by atoms with E-state index in [2.05, 4.69) is 0 Å². The molecule has 7 nitrogen and oxygen atoms in total. The Labute approximate surface area is 217 Å². The van der Waals surface area contributed by atoms with Crippen LogP contribution in [0.3, 0.4) is 0 Å². The zero-order valence-corrected chi connectivity index (χ0v) is 21.7. The molecule has 0 amide bonds. The van der Waals surface area contributed by atoms with Crippen molar-refractivity contribution in [2.45, 2.75) is 38.9 Å². The summed E-state index contributed by atoms with van der Waals surface area (Å²) in [5.74, 6) is -2.31. The predicted octanol–water partition coefficient (Wildman–Crippen LogP) is 4.78. The van der Waals surface area contributed by atoms with E-state index in [0.29, 0.717) is 12.8 Å². The van der Waals surface area contributed by atoms with Gasteiger partial charge in [-0.25, -0.2) is 0 Å². The summed E-state index contributed by atoms with van der Waals surface area (Å²) in [6, 6.07) is 27.8. The number of rotatable bonds is 14. The number of benzene rings is 3. The molecule has 3 N–H and O–H groups in total.